The summed E-state index contributed by atoms with van der Waals surface area (Å²) in [5.74, 6) is -1.03. The van der Waals surface area contributed by atoms with Gasteiger partial charge >= 0.3 is 5.97 Å². The van der Waals surface area contributed by atoms with Gasteiger partial charge < -0.3 is 5.11 Å². The van der Waals surface area contributed by atoms with Crippen molar-refractivity contribution in [3.05, 3.63) is 45.9 Å². The SMILES string of the molecule is Cc1ccc(Cn2ncc3ccc(C(=O)O)nc32)s1. The topological polar surface area (TPSA) is 68.0 Å². The summed E-state index contributed by atoms with van der Waals surface area (Å²) in [7, 11) is 0. The molecule has 19 heavy (non-hydrogen) atoms. The van der Waals surface area contributed by atoms with E-state index in [0.29, 0.717) is 12.2 Å². The van der Waals surface area contributed by atoms with E-state index in [2.05, 4.69) is 29.1 Å². The number of carbonyl (C=O) groups is 1. The lowest BCUT2D eigenvalue weighted by molar-refractivity contribution is 0.0691. The number of fused-ring (bicyclic) bond motifs is 1. The molecule has 0 fully saturated rings. The van der Waals surface area contributed by atoms with Gasteiger partial charge in [-0.2, -0.15) is 5.10 Å². The highest BCUT2D eigenvalue weighted by atomic mass is 32.1. The van der Waals surface area contributed by atoms with E-state index in [9.17, 15) is 4.79 Å². The molecule has 1 N–H and O–H groups in total. The minimum Gasteiger partial charge on any atom is -0.477 e. The van der Waals surface area contributed by atoms with Gasteiger partial charge in [-0.1, -0.05) is 0 Å². The fourth-order valence-electron chi connectivity index (χ4n) is 1.91. The highest BCUT2D eigenvalue weighted by molar-refractivity contribution is 7.11. The maximum Gasteiger partial charge on any atom is 0.354 e. The van der Waals surface area contributed by atoms with Crippen LogP contribution < -0.4 is 0 Å². The molecule has 0 bridgehead atoms. The van der Waals surface area contributed by atoms with Crippen LogP contribution in [0.4, 0.5) is 0 Å². The predicted octanol–water partition coefficient (Wildman–Crippen LogP) is 2.55. The Morgan fingerprint density at radius 2 is 2.21 bits per heavy atom. The smallest absolute Gasteiger partial charge is 0.354 e. The third kappa shape index (κ3) is 2.22. The van der Waals surface area contributed by atoms with Crippen molar-refractivity contribution in [3.8, 4) is 0 Å². The second kappa shape index (κ2) is 4.47. The Hall–Kier alpha value is -2.21. The van der Waals surface area contributed by atoms with E-state index in [1.54, 1.807) is 28.3 Å². The number of aromatic carboxylic acids is 1. The largest absolute Gasteiger partial charge is 0.477 e. The van der Waals surface area contributed by atoms with Gasteiger partial charge in [0.25, 0.3) is 0 Å². The first-order chi connectivity index (χ1) is 9.13. The number of hydrogen-bond donors (Lipinski definition) is 1. The van der Waals surface area contributed by atoms with Crippen LogP contribution in [0.5, 0.6) is 0 Å². The lowest BCUT2D eigenvalue weighted by Gasteiger charge is -2.01. The maximum atomic E-state index is 10.9. The van der Waals surface area contributed by atoms with Crippen LogP contribution in [0.2, 0.25) is 0 Å². The Morgan fingerprint density at radius 3 is 2.89 bits per heavy atom. The first kappa shape index (κ1) is 11.9. The normalized spacial score (nSPS) is 11.0. The molecule has 0 radical (unpaired) electrons. The van der Waals surface area contributed by atoms with Crippen LogP contribution >= 0.6 is 11.3 Å². The summed E-state index contributed by atoms with van der Waals surface area (Å²) in [5.41, 5.74) is 0.641. The van der Waals surface area contributed by atoms with Crippen molar-refractivity contribution in [2.75, 3.05) is 0 Å². The second-order valence-corrected chi connectivity index (χ2v) is 5.60. The zero-order valence-electron chi connectivity index (χ0n) is 10.2. The molecule has 0 spiro atoms. The molecule has 3 aromatic heterocycles. The summed E-state index contributed by atoms with van der Waals surface area (Å²) in [6.45, 7) is 2.66. The van der Waals surface area contributed by atoms with Gasteiger partial charge in [-0.15, -0.1) is 11.3 Å². The molecule has 3 aromatic rings. The third-order valence-corrected chi connectivity index (χ3v) is 3.79. The fourth-order valence-corrected chi connectivity index (χ4v) is 2.78. The summed E-state index contributed by atoms with van der Waals surface area (Å²) < 4.78 is 1.73. The summed E-state index contributed by atoms with van der Waals surface area (Å²) in [6.07, 6.45) is 1.70. The average Bonchev–Trinajstić information content (AvgIpc) is 2.96. The Bertz CT molecular complexity index is 760. The monoisotopic (exact) mass is 273 g/mol. The van der Waals surface area contributed by atoms with Crippen LogP contribution in [0.15, 0.2) is 30.5 Å². The van der Waals surface area contributed by atoms with Gasteiger partial charge in [0, 0.05) is 15.1 Å². The van der Waals surface area contributed by atoms with Crippen molar-refractivity contribution >= 4 is 28.3 Å². The standard InChI is InChI=1S/C13H11N3O2S/c1-8-2-4-10(19-8)7-16-12-9(6-14-16)3-5-11(15-12)13(17)18/h2-6H,7H2,1H3,(H,17,18). The maximum absolute atomic E-state index is 10.9. The van der Waals surface area contributed by atoms with Crippen molar-refractivity contribution in [2.45, 2.75) is 13.5 Å². The van der Waals surface area contributed by atoms with E-state index in [1.807, 2.05) is 0 Å². The van der Waals surface area contributed by atoms with Crippen LogP contribution in [-0.2, 0) is 6.54 Å². The highest BCUT2D eigenvalue weighted by Crippen LogP contribution is 2.19. The van der Waals surface area contributed by atoms with Crippen molar-refractivity contribution in [1.82, 2.24) is 14.8 Å². The Kier molecular flexibility index (Phi) is 2.79. The first-order valence-electron chi connectivity index (χ1n) is 5.74. The van der Waals surface area contributed by atoms with E-state index >= 15 is 0 Å². The van der Waals surface area contributed by atoms with Gasteiger partial charge in [-0.05, 0) is 31.2 Å². The molecular weight excluding hydrogens is 262 g/mol. The number of carboxylic acid groups (broad SMARTS) is 1. The van der Waals surface area contributed by atoms with E-state index in [1.165, 1.54) is 15.8 Å². The molecule has 0 aliphatic rings. The van der Waals surface area contributed by atoms with Gasteiger partial charge in [0.15, 0.2) is 11.3 Å². The lowest BCUT2D eigenvalue weighted by atomic mass is 10.3. The number of aryl methyl sites for hydroxylation is 1. The molecule has 96 valence electrons. The third-order valence-electron chi connectivity index (χ3n) is 2.81. The van der Waals surface area contributed by atoms with Gasteiger partial charge in [0.2, 0.25) is 0 Å². The molecule has 0 saturated heterocycles. The number of aromatic nitrogens is 3. The summed E-state index contributed by atoms with van der Waals surface area (Å²) in [6, 6.07) is 7.33. The summed E-state index contributed by atoms with van der Waals surface area (Å²) in [4.78, 5) is 17.5. The van der Waals surface area contributed by atoms with E-state index in [0.717, 1.165) is 5.39 Å². The highest BCUT2D eigenvalue weighted by Gasteiger charge is 2.10. The van der Waals surface area contributed by atoms with Gasteiger partial charge in [-0.3, -0.25) is 0 Å². The van der Waals surface area contributed by atoms with Crippen LogP contribution in [0.25, 0.3) is 11.0 Å². The number of rotatable bonds is 3. The van der Waals surface area contributed by atoms with Crippen LogP contribution in [0.3, 0.4) is 0 Å². The van der Waals surface area contributed by atoms with Gasteiger partial charge in [0.05, 0.1) is 12.7 Å². The summed E-state index contributed by atoms with van der Waals surface area (Å²) in [5, 5.41) is 14.1. The number of hydrogen-bond acceptors (Lipinski definition) is 4. The Morgan fingerprint density at radius 1 is 1.37 bits per heavy atom. The molecule has 5 nitrogen and oxygen atoms in total. The molecule has 0 saturated carbocycles. The van der Waals surface area contributed by atoms with Crippen molar-refractivity contribution in [1.29, 1.82) is 0 Å². The Balaban J connectivity index is 2.03. The molecule has 6 heteroatoms. The lowest BCUT2D eigenvalue weighted by Crippen LogP contribution is -2.04. The van der Waals surface area contributed by atoms with Crippen LogP contribution in [0.1, 0.15) is 20.2 Å². The van der Waals surface area contributed by atoms with Crippen LogP contribution in [0, 0.1) is 6.92 Å². The quantitative estimate of drug-likeness (QED) is 0.796. The van der Waals surface area contributed by atoms with E-state index in [-0.39, 0.29) is 5.69 Å². The number of thiophene rings is 1. The molecule has 0 unspecified atom stereocenters. The van der Waals surface area contributed by atoms with Gasteiger partial charge in [-0.25, -0.2) is 14.5 Å². The molecular formula is C13H11N3O2S. The van der Waals surface area contributed by atoms with Crippen molar-refractivity contribution in [2.24, 2.45) is 0 Å². The molecule has 0 aromatic carbocycles. The van der Waals surface area contributed by atoms with E-state index < -0.39 is 5.97 Å². The fraction of sp³-hybridized carbons (Fsp3) is 0.154. The number of carboxylic acids is 1. The molecule has 0 aliphatic carbocycles. The zero-order chi connectivity index (χ0) is 13.4. The average molecular weight is 273 g/mol. The second-order valence-electron chi connectivity index (χ2n) is 4.23. The molecule has 0 aliphatic heterocycles. The number of nitrogens with zero attached hydrogens (tertiary/aromatic N) is 3. The van der Waals surface area contributed by atoms with E-state index in [4.69, 9.17) is 5.11 Å². The Labute approximate surface area is 113 Å². The zero-order valence-corrected chi connectivity index (χ0v) is 11.0. The molecule has 3 rings (SSSR count). The minimum atomic E-state index is -1.03. The first-order valence-corrected chi connectivity index (χ1v) is 6.56. The summed E-state index contributed by atoms with van der Waals surface area (Å²) >= 11 is 1.70. The molecule has 0 amide bonds. The van der Waals surface area contributed by atoms with Gasteiger partial charge in [0.1, 0.15) is 0 Å². The minimum absolute atomic E-state index is 0.0385. The predicted molar refractivity (Wildman–Crippen MR) is 72.6 cm³/mol. The van der Waals surface area contributed by atoms with Crippen LogP contribution in [-0.4, -0.2) is 25.8 Å². The molecule has 3 heterocycles. The molecule has 0 atom stereocenters. The number of pyridine rings is 1. The van der Waals surface area contributed by atoms with Crippen molar-refractivity contribution < 1.29 is 9.90 Å². The van der Waals surface area contributed by atoms with Crippen molar-refractivity contribution in [3.63, 3.8) is 0 Å².